The van der Waals surface area contributed by atoms with Gasteiger partial charge in [-0.05, 0) is 43.1 Å². The number of hydrogen-bond donors (Lipinski definition) is 1. The van der Waals surface area contributed by atoms with Gasteiger partial charge in [0.15, 0.2) is 0 Å². The standard InChI is InChI=1S/C22H31N3O4SSi/c1-17(31(2,3)4)25-22(26)15-24(30(25,27)28)20-11-10-18(12-13-23)14-21(20)29-16-19-8-6-5-7-9-19/h5-11,14,17H,12-13,15-16,23H2,1-4H3. The minimum atomic E-state index is -4.00. The van der Waals surface area contributed by atoms with Crippen LogP contribution in [-0.4, -0.2) is 45.5 Å². The third-order valence-corrected chi connectivity index (χ3v) is 10.5. The third-order valence-electron chi connectivity index (χ3n) is 5.62. The van der Waals surface area contributed by atoms with Crippen LogP contribution < -0.4 is 14.8 Å². The number of carbonyl (C=O) groups is 1. The van der Waals surface area contributed by atoms with E-state index in [1.54, 1.807) is 6.07 Å². The van der Waals surface area contributed by atoms with E-state index < -0.39 is 24.2 Å². The predicted octanol–water partition coefficient (Wildman–Crippen LogP) is 2.93. The summed E-state index contributed by atoms with van der Waals surface area (Å²) in [6.45, 7) is 8.52. The van der Waals surface area contributed by atoms with Gasteiger partial charge in [0.25, 0.3) is 5.91 Å². The maximum Gasteiger partial charge on any atom is 0.329 e. The second kappa shape index (κ2) is 9.02. The Hall–Kier alpha value is -2.36. The summed E-state index contributed by atoms with van der Waals surface area (Å²) in [6.07, 6.45) is 0.645. The Kier molecular flexibility index (Phi) is 6.78. The van der Waals surface area contributed by atoms with Gasteiger partial charge >= 0.3 is 10.2 Å². The third kappa shape index (κ3) is 4.94. The Balaban J connectivity index is 1.98. The highest BCUT2D eigenvalue weighted by Gasteiger charge is 2.48. The van der Waals surface area contributed by atoms with Crippen molar-refractivity contribution in [3.63, 3.8) is 0 Å². The summed E-state index contributed by atoms with van der Waals surface area (Å²) in [6, 6.07) is 15.0. The van der Waals surface area contributed by atoms with Crippen LogP contribution in [0, 0.1) is 0 Å². The van der Waals surface area contributed by atoms with E-state index in [0.717, 1.165) is 15.4 Å². The summed E-state index contributed by atoms with van der Waals surface area (Å²) < 4.78 is 35.1. The van der Waals surface area contributed by atoms with Crippen LogP contribution in [0.15, 0.2) is 48.5 Å². The smallest absolute Gasteiger partial charge is 0.329 e. The Morgan fingerprint density at radius 2 is 1.77 bits per heavy atom. The molecule has 1 saturated heterocycles. The van der Waals surface area contributed by atoms with Crippen LogP contribution in [0.5, 0.6) is 5.75 Å². The van der Waals surface area contributed by atoms with Crippen LogP contribution in [-0.2, 0) is 28.0 Å². The molecular weight excluding hydrogens is 430 g/mol. The highest BCUT2D eigenvalue weighted by Crippen LogP contribution is 2.37. The lowest BCUT2D eigenvalue weighted by Crippen LogP contribution is -2.52. The lowest BCUT2D eigenvalue weighted by Gasteiger charge is -2.33. The molecule has 1 aliphatic heterocycles. The number of hydrogen-bond acceptors (Lipinski definition) is 5. The van der Waals surface area contributed by atoms with E-state index in [2.05, 4.69) is 19.6 Å². The molecule has 2 aromatic carbocycles. The van der Waals surface area contributed by atoms with Crippen molar-refractivity contribution in [3.05, 3.63) is 59.7 Å². The summed E-state index contributed by atoms with van der Waals surface area (Å²) in [7, 11) is -5.92. The lowest BCUT2D eigenvalue weighted by molar-refractivity contribution is -0.124. The van der Waals surface area contributed by atoms with Gasteiger partial charge in [0, 0.05) is 5.67 Å². The molecular formula is C22H31N3O4SSi. The molecule has 0 radical (unpaired) electrons. The average Bonchev–Trinajstić information content (AvgIpc) is 2.94. The minimum Gasteiger partial charge on any atom is -0.487 e. The molecule has 1 atom stereocenters. The van der Waals surface area contributed by atoms with Crippen LogP contribution in [0.1, 0.15) is 18.1 Å². The number of nitrogens with two attached hydrogens (primary N) is 1. The number of carbonyl (C=O) groups excluding carboxylic acids is 1. The van der Waals surface area contributed by atoms with Gasteiger partial charge in [0.05, 0.1) is 13.8 Å². The highest BCUT2D eigenvalue weighted by atomic mass is 32.2. The first-order valence-electron chi connectivity index (χ1n) is 10.4. The normalized spacial score (nSPS) is 17.1. The Morgan fingerprint density at radius 1 is 1.10 bits per heavy atom. The quantitative estimate of drug-likeness (QED) is 0.610. The van der Waals surface area contributed by atoms with E-state index in [1.807, 2.05) is 49.4 Å². The van der Waals surface area contributed by atoms with Crippen molar-refractivity contribution in [2.45, 2.75) is 45.3 Å². The molecule has 9 heteroatoms. The Morgan fingerprint density at radius 3 is 2.39 bits per heavy atom. The maximum absolute atomic E-state index is 13.4. The molecule has 3 rings (SSSR count). The minimum absolute atomic E-state index is 0.227. The number of anilines is 1. The molecule has 0 spiro atoms. The van der Waals surface area contributed by atoms with Crippen LogP contribution in [0.3, 0.4) is 0 Å². The highest BCUT2D eigenvalue weighted by molar-refractivity contribution is 7.91. The molecule has 1 fully saturated rings. The molecule has 1 amide bonds. The van der Waals surface area contributed by atoms with Gasteiger partial charge < -0.3 is 10.5 Å². The number of nitrogens with zero attached hydrogens (tertiary/aromatic N) is 2. The zero-order valence-corrected chi connectivity index (χ0v) is 20.4. The fourth-order valence-electron chi connectivity index (χ4n) is 3.42. The average molecular weight is 462 g/mol. The molecule has 2 aromatic rings. The number of ether oxygens (including phenoxy) is 1. The van der Waals surface area contributed by atoms with Crippen molar-refractivity contribution >= 4 is 29.9 Å². The fraction of sp³-hybridized carbons (Fsp3) is 0.409. The molecule has 168 valence electrons. The molecule has 1 aliphatic rings. The van der Waals surface area contributed by atoms with Gasteiger partial charge in [-0.25, -0.2) is 8.61 Å². The van der Waals surface area contributed by atoms with E-state index in [4.69, 9.17) is 10.5 Å². The molecule has 2 N–H and O–H groups in total. The number of benzene rings is 2. The maximum atomic E-state index is 13.4. The van der Waals surface area contributed by atoms with E-state index in [1.165, 1.54) is 4.31 Å². The first-order valence-corrected chi connectivity index (χ1v) is 15.4. The molecule has 0 aliphatic carbocycles. The molecule has 0 bridgehead atoms. The monoisotopic (exact) mass is 461 g/mol. The van der Waals surface area contributed by atoms with Crippen molar-refractivity contribution < 1.29 is 17.9 Å². The van der Waals surface area contributed by atoms with E-state index >= 15 is 0 Å². The predicted molar refractivity (Wildman–Crippen MR) is 126 cm³/mol. The van der Waals surface area contributed by atoms with Crippen LogP contribution in [0.4, 0.5) is 5.69 Å². The zero-order chi connectivity index (χ0) is 22.8. The summed E-state index contributed by atoms with van der Waals surface area (Å²) in [4.78, 5) is 12.8. The van der Waals surface area contributed by atoms with Gasteiger partial charge in [-0.1, -0.05) is 56.0 Å². The molecule has 0 saturated carbocycles. The number of rotatable bonds is 8. The number of amides is 1. The topological polar surface area (TPSA) is 92.9 Å². The lowest BCUT2D eigenvalue weighted by atomic mass is 10.1. The van der Waals surface area contributed by atoms with Gasteiger partial charge in [-0.2, -0.15) is 8.42 Å². The molecule has 7 nitrogen and oxygen atoms in total. The van der Waals surface area contributed by atoms with E-state index in [0.29, 0.717) is 24.4 Å². The largest absolute Gasteiger partial charge is 0.487 e. The first kappa shape index (κ1) is 23.3. The van der Waals surface area contributed by atoms with E-state index in [-0.39, 0.29) is 18.8 Å². The van der Waals surface area contributed by atoms with Gasteiger partial charge in [0.2, 0.25) is 0 Å². The van der Waals surface area contributed by atoms with Crippen molar-refractivity contribution in [2.75, 3.05) is 17.4 Å². The van der Waals surface area contributed by atoms with Crippen molar-refractivity contribution in [2.24, 2.45) is 5.73 Å². The molecule has 0 aromatic heterocycles. The van der Waals surface area contributed by atoms with Crippen molar-refractivity contribution in [1.29, 1.82) is 0 Å². The van der Waals surface area contributed by atoms with E-state index in [9.17, 15) is 13.2 Å². The van der Waals surface area contributed by atoms with Crippen molar-refractivity contribution in [3.8, 4) is 5.75 Å². The second-order valence-corrected chi connectivity index (χ2v) is 16.2. The Bertz CT molecular complexity index is 1040. The van der Waals surface area contributed by atoms with Gasteiger partial charge in [0.1, 0.15) is 18.9 Å². The van der Waals surface area contributed by atoms with Crippen LogP contribution >= 0.6 is 0 Å². The molecule has 1 heterocycles. The van der Waals surface area contributed by atoms with Crippen molar-refractivity contribution in [1.82, 2.24) is 4.31 Å². The van der Waals surface area contributed by atoms with Gasteiger partial charge in [-0.3, -0.25) is 4.79 Å². The molecule has 31 heavy (non-hydrogen) atoms. The van der Waals surface area contributed by atoms with Crippen LogP contribution in [0.25, 0.3) is 0 Å². The zero-order valence-electron chi connectivity index (χ0n) is 18.5. The van der Waals surface area contributed by atoms with Crippen LogP contribution in [0.2, 0.25) is 19.6 Å². The second-order valence-electron chi connectivity index (χ2n) is 8.86. The Labute approximate surface area is 186 Å². The van der Waals surface area contributed by atoms with Gasteiger partial charge in [-0.15, -0.1) is 0 Å². The summed E-state index contributed by atoms with van der Waals surface area (Å²) in [5.74, 6) is 0.0173. The summed E-state index contributed by atoms with van der Waals surface area (Å²) >= 11 is 0. The molecule has 1 unspecified atom stereocenters. The SMILES string of the molecule is CC(N1C(=O)CN(c2ccc(CCN)cc2OCc2ccccc2)S1(=O)=O)[Si](C)(C)C. The summed E-state index contributed by atoms with van der Waals surface area (Å²) in [5.41, 5.74) is 7.63. The fourth-order valence-corrected chi connectivity index (χ4v) is 7.22. The first-order chi connectivity index (χ1) is 14.6. The summed E-state index contributed by atoms with van der Waals surface area (Å²) in [5, 5.41) is 0.